The maximum Gasteiger partial charge on any atom is 0.119 e. The molecule has 0 aliphatic heterocycles. The Balaban J connectivity index is 2.13. The molecule has 2 N–H and O–H groups in total. The van der Waals surface area contributed by atoms with Crippen LogP contribution in [0, 0.1) is 0 Å². The van der Waals surface area contributed by atoms with Gasteiger partial charge in [0.25, 0.3) is 0 Å². The van der Waals surface area contributed by atoms with Gasteiger partial charge in [-0.1, -0.05) is 0 Å². The van der Waals surface area contributed by atoms with Crippen LogP contribution in [0.4, 0.5) is 0 Å². The second-order valence-electron chi connectivity index (χ2n) is 3.84. The predicted molar refractivity (Wildman–Crippen MR) is 73.2 cm³/mol. The monoisotopic (exact) mass is 286 g/mol. The van der Waals surface area contributed by atoms with Crippen LogP contribution in [0.1, 0.15) is 0 Å². The lowest BCUT2D eigenvalue weighted by molar-refractivity contribution is 0.0697. The maximum atomic E-state index is 8.53. The van der Waals surface area contributed by atoms with E-state index in [1.165, 1.54) is 0 Å². The highest BCUT2D eigenvalue weighted by Gasteiger charge is 1.97. The van der Waals surface area contributed by atoms with Gasteiger partial charge in [0.05, 0.1) is 39.6 Å². The summed E-state index contributed by atoms with van der Waals surface area (Å²) in [6.07, 6.45) is 0. The van der Waals surface area contributed by atoms with Crippen molar-refractivity contribution in [3.8, 4) is 11.5 Å². The second-order valence-corrected chi connectivity index (χ2v) is 3.84. The van der Waals surface area contributed by atoms with Gasteiger partial charge in [0, 0.05) is 0 Å². The van der Waals surface area contributed by atoms with Gasteiger partial charge in [-0.15, -0.1) is 0 Å². The summed E-state index contributed by atoms with van der Waals surface area (Å²) in [6.45, 7) is 2.47. The smallest absolute Gasteiger partial charge is 0.119 e. The molecule has 0 saturated heterocycles. The molecule has 0 aliphatic carbocycles. The first-order chi connectivity index (χ1) is 9.86. The average molecular weight is 286 g/mol. The fourth-order valence-electron chi connectivity index (χ4n) is 1.40. The second kappa shape index (κ2) is 11.5. The van der Waals surface area contributed by atoms with Gasteiger partial charge in [0.1, 0.15) is 24.7 Å². The van der Waals surface area contributed by atoms with Crippen LogP contribution in [0.5, 0.6) is 11.5 Å². The van der Waals surface area contributed by atoms with Crippen LogP contribution in [-0.2, 0) is 9.47 Å². The summed E-state index contributed by atoms with van der Waals surface area (Å²) < 4.78 is 21.1. The molecule has 6 nitrogen and oxygen atoms in total. The lowest BCUT2D eigenvalue weighted by Gasteiger charge is -2.09. The fourth-order valence-corrected chi connectivity index (χ4v) is 1.40. The molecule has 0 fully saturated rings. The zero-order valence-corrected chi connectivity index (χ0v) is 11.5. The first-order valence-electron chi connectivity index (χ1n) is 6.59. The highest BCUT2D eigenvalue weighted by molar-refractivity contribution is 5.31. The van der Waals surface area contributed by atoms with Crippen LogP contribution in [0.2, 0.25) is 0 Å². The zero-order valence-electron chi connectivity index (χ0n) is 11.5. The first kappa shape index (κ1) is 16.7. The standard InChI is InChI=1S/C14H22O6/c15-5-7-17-9-11-19-13-1-2-14(4-3-13)20-12-10-18-8-6-16/h1-4,15-16H,5-12H2. The van der Waals surface area contributed by atoms with Crippen LogP contribution >= 0.6 is 0 Å². The molecular weight excluding hydrogens is 264 g/mol. The minimum absolute atomic E-state index is 0.0219. The Bertz CT molecular complexity index is 294. The van der Waals surface area contributed by atoms with Crippen LogP contribution in [0.15, 0.2) is 24.3 Å². The molecule has 0 aliphatic rings. The van der Waals surface area contributed by atoms with E-state index in [2.05, 4.69) is 0 Å². The minimum Gasteiger partial charge on any atom is -0.491 e. The number of rotatable bonds is 12. The molecule has 0 bridgehead atoms. The van der Waals surface area contributed by atoms with E-state index in [0.717, 1.165) is 11.5 Å². The third-order valence-corrected chi connectivity index (χ3v) is 2.29. The van der Waals surface area contributed by atoms with Gasteiger partial charge in [-0.3, -0.25) is 0 Å². The summed E-state index contributed by atoms with van der Waals surface area (Å²) in [7, 11) is 0. The summed E-state index contributed by atoms with van der Waals surface area (Å²) in [4.78, 5) is 0. The number of aliphatic hydroxyl groups is 2. The quantitative estimate of drug-likeness (QED) is 0.544. The van der Waals surface area contributed by atoms with Gasteiger partial charge in [-0.2, -0.15) is 0 Å². The zero-order chi connectivity index (χ0) is 14.5. The van der Waals surface area contributed by atoms with Gasteiger partial charge in [0.15, 0.2) is 0 Å². The van der Waals surface area contributed by atoms with E-state index in [4.69, 9.17) is 29.2 Å². The van der Waals surface area contributed by atoms with E-state index >= 15 is 0 Å². The molecule has 0 spiro atoms. The molecule has 20 heavy (non-hydrogen) atoms. The Morgan fingerprint density at radius 3 is 1.35 bits per heavy atom. The van der Waals surface area contributed by atoms with Gasteiger partial charge in [0.2, 0.25) is 0 Å². The predicted octanol–water partition coefficient (Wildman–Crippen LogP) is 0.462. The molecular formula is C14H22O6. The van der Waals surface area contributed by atoms with Gasteiger partial charge >= 0.3 is 0 Å². The van der Waals surface area contributed by atoms with Crippen molar-refractivity contribution in [2.45, 2.75) is 0 Å². The largest absolute Gasteiger partial charge is 0.491 e. The molecule has 0 atom stereocenters. The topological polar surface area (TPSA) is 77.4 Å². The highest BCUT2D eigenvalue weighted by atomic mass is 16.5. The number of hydrogen-bond acceptors (Lipinski definition) is 6. The molecule has 0 amide bonds. The number of aliphatic hydroxyl groups excluding tert-OH is 2. The van der Waals surface area contributed by atoms with E-state index in [1.807, 2.05) is 24.3 Å². The van der Waals surface area contributed by atoms with E-state index in [0.29, 0.717) is 39.6 Å². The molecule has 1 aromatic rings. The van der Waals surface area contributed by atoms with Crippen LogP contribution < -0.4 is 9.47 Å². The normalized spacial score (nSPS) is 10.5. The van der Waals surface area contributed by atoms with Crippen molar-refractivity contribution in [2.75, 3.05) is 52.9 Å². The Labute approximate surface area is 118 Å². The maximum absolute atomic E-state index is 8.53. The summed E-state index contributed by atoms with van der Waals surface area (Å²) in [5.74, 6) is 1.47. The molecule has 114 valence electrons. The van der Waals surface area contributed by atoms with Gasteiger partial charge in [-0.25, -0.2) is 0 Å². The lowest BCUT2D eigenvalue weighted by Crippen LogP contribution is -2.09. The Kier molecular flexibility index (Phi) is 9.60. The first-order valence-corrected chi connectivity index (χ1v) is 6.59. The molecule has 1 rings (SSSR count). The molecule has 0 aromatic heterocycles. The van der Waals surface area contributed by atoms with Crippen LogP contribution in [0.3, 0.4) is 0 Å². The third kappa shape index (κ3) is 7.96. The van der Waals surface area contributed by atoms with E-state index in [1.54, 1.807) is 0 Å². The van der Waals surface area contributed by atoms with Crippen LogP contribution in [0.25, 0.3) is 0 Å². The van der Waals surface area contributed by atoms with Crippen molar-refractivity contribution in [3.05, 3.63) is 24.3 Å². The Morgan fingerprint density at radius 1 is 0.600 bits per heavy atom. The number of ether oxygens (including phenoxy) is 4. The molecule has 0 unspecified atom stereocenters. The minimum atomic E-state index is 0.0219. The van der Waals surface area contributed by atoms with Crippen molar-refractivity contribution < 1.29 is 29.2 Å². The van der Waals surface area contributed by atoms with Crippen molar-refractivity contribution in [2.24, 2.45) is 0 Å². The van der Waals surface area contributed by atoms with Crippen LogP contribution in [-0.4, -0.2) is 63.1 Å². The average Bonchev–Trinajstić information content (AvgIpc) is 2.48. The number of hydrogen-bond donors (Lipinski definition) is 2. The fraction of sp³-hybridized carbons (Fsp3) is 0.571. The summed E-state index contributed by atoms with van der Waals surface area (Å²) >= 11 is 0. The van der Waals surface area contributed by atoms with Gasteiger partial charge < -0.3 is 29.2 Å². The van der Waals surface area contributed by atoms with Crippen molar-refractivity contribution in [3.63, 3.8) is 0 Å². The lowest BCUT2D eigenvalue weighted by atomic mass is 10.3. The number of benzene rings is 1. The van der Waals surface area contributed by atoms with E-state index < -0.39 is 0 Å². The van der Waals surface area contributed by atoms with Gasteiger partial charge in [-0.05, 0) is 24.3 Å². The SMILES string of the molecule is OCCOCCOc1ccc(OCCOCCO)cc1. The summed E-state index contributed by atoms with van der Waals surface area (Å²) in [6, 6.07) is 7.26. The summed E-state index contributed by atoms with van der Waals surface area (Å²) in [5, 5.41) is 17.1. The van der Waals surface area contributed by atoms with E-state index in [9.17, 15) is 0 Å². The van der Waals surface area contributed by atoms with Crippen molar-refractivity contribution in [1.29, 1.82) is 0 Å². The molecule has 0 radical (unpaired) electrons. The molecule has 0 saturated carbocycles. The molecule has 1 aromatic carbocycles. The van der Waals surface area contributed by atoms with E-state index in [-0.39, 0.29) is 13.2 Å². The molecule has 6 heteroatoms. The van der Waals surface area contributed by atoms with Crippen molar-refractivity contribution in [1.82, 2.24) is 0 Å². The summed E-state index contributed by atoms with van der Waals surface area (Å²) in [5.41, 5.74) is 0. The Hall–Kier alpha value is -1.34. The highest BCUT2D eigenvalue weighted by Crippen LogP contribution is 2.17. The van der Waals surface area contributed by atoms with Crippen molar-refractivity contribution >= 4 is 0 Å². The molecule has 0 heterocycles. The third-order valence-electron chi connectivity index (χ3n) is 2.29. The Morgan fingerprint density at radius 2 is 1.00 bits per heavy atom.